The first-order chi connectivity index (χ1) is 8.74. The van der Waals surface area contributed by atoms with Crippen molar-refractivity contribution in [3.8, 4) is 11.5 Å². The minimum Gasteiger partial charge on any atom is -0.457 e. The van der Waals surface area contributed by atoms with E-state index in [1.54, 1.807) is 0 Å². The Morgan fingerprint density at radius 2 is 2.00 bits per heavy atom. The minimum absolute atomic E-state index is 0.807. The van der Waals surface area contributed by atoms with Gasteiger partial charge in [-0.25, -0.2) is 0 Å². The molecule has 1 aromatic heterocycles. The number of fused-ring (bicyclic) bond motifs is 1. The maximum atomic E-state index is 5.81. The summed E-state index contributed by atoms with van der Waals surface area (Å²) < 4.78 is 5.81. The van der Waals surface area contributed by atoms with Crippen LogP contribution in [-0.4, -0.2) is 4.98 Å². The summed E-state index contributed by atoms with van der Waals surface area (Å²) in [6.07, 6.45) is 0. The van der Waals surface area contributed by atoms with Crippen LogP contribution in [0.5, 0.6) is 11.5 Å². The van der Waals surface area contributed by atoms with Gasteiger partial charge in [0.25, 0.3) is 0 Å². The van der Waals surface area contributed by atoms with E-state index in [2.05, 4.69) is 37.0 Å². The van der Waals surface area contributed by atoms with Crippen LogP contribution in [0.1, 0.15) is 11.3 Å². The first-order valence-electron chi connectivity index (χ1n) is 5.97. The molecule has 2 nitrogen and oxygen atoms in total. The summed E-state index contributed by atoms with van der Waals surface area (Å²) >= 11 is 0. The summed E-state index contributed by atoms with van der Waals surface area (Å²) in [6, 6.07) is 16.6. The van der Waals surface area contributed by atoms with Crippen LogP contribution in [0.2, 0.25) is 0 Å². The Kier molecular flexibility index (Phi) is 2.56. The van der Waals surface area contributed by atoms with E-state index < -0.39 is 0 Å². The van der Waals surface area contributed by atoms with Crippen molar-refractivity contribution in [3.63, 3.8) is 0 Å². The molecule has 1 radical (unpaired) electrons. The summed E-state index contributed by atoms with van der Waals surface area (Å²) in [5.74, 6) is 1.66. The van der Waals surface area contributed by atoms with E-state index in [4.69, 9.17) is 4.74 Å². The Morgan fingerprint density at radius 1 is 1.11 bits per heavy atom. The lowest BCUT2D eigenvalue weighted by molar-refractivity contribution is 0.483. The van der Waals surface area contributed by atoms with Crippen molar-refractivity contribution < 1.29 is 4.74 Å². The molecule has 3 aromatic rings. The molecule has 1 N–H and O–H groups in total. The first kappa shape index (κ1) is 10.9. The second kappa shape index (κ2) is 4.22. The third kappa shape index (κ3) is 1.86. The molecule has 0 aliphatic heterocycles. The topological polar surface area (TPSA) is 25.0 Å². The number of ether oxygens (including phenoxy) is 1. The molecule has 0 saturated heterocycles. The van der Waals surface area contributed by atoms with Gasteiger partial charge in [0.05, 0.1) is 0 Å². The van der Waals surface area contributed by atoms with Crippen LogP contribution in [-0.2, 0) is 0 Å². The van der Waals surface area contributed by atoms with E-state index in [9.17, 15) is 0 Å². The van der Waals surface area contributed by atoms with Crippen molar-refractivity contribution in [2.45, 2.75) is 13.8 Å². The molecule has 0 aliphatic rings. The molecule has 0 amide bonds. The molecule has 0 bridgehead atoms. The second-order valence-electron chi connectivity index (χ2n) is 4.42. The summed E-state index contributed by atoms with van der Waals surface area (Å²) in [5, 5.41) is 1.21. The minimum atomic E-state index is 0.807. The zero-order chi connectivity index (χ0) is 12.5. The normalized spacial score (nSPS) is 10.8. The smallest absolute Gasteiger partial charge is 0.128 e. The molecule has 0 spiro atoms. The number of aryl methyl sites for hydroxylation is 2. The predicted octanol–water partition coefficient (Wildman–Crippen LogP) is 4.38. The number of benzene rings is 2. The number of hydrogen-bond donors (Lipinski definition) is 1. The SMILES string of the molecule is Cc1[nH]c2ccc(Oc3c[c]ccc3)cc2c1C. The molecule has 89 valence electrons. The van der Waals surface area contributed by atoms with E-state index in [-0.39, 0.29) is 0 Å². The van der Waals surface area contributed by atoms with Crippen molar-refractivity contribution in [3.05, 3.63) is 59.8 Å². The quantitative estimate of drug-likeness (QED) is 0.701. The first-order valence-corrected chi connectivity index (χ1v) is 5.97. The van der Waals surface area contributed by atoms with Gasteiger partial charge in [-0.3, -0.25) is 0 Å². The molecule has 2 heteroatoms. The summed E-state index contributed by atoms with van der Waals surface area (Å²) in [7, 11) is 0. The number of hydrogen-bond acceptors (Lipinski definition) is 1. The lowest BCUT2D eigenvalue weighted by Gasteiger charge is -2.05. The molecule has 18 heavy (non-hydrogen) atoms. The molecule has 0 aliphatic carbocycles. The summed E-state index contributed by atoms with van der Waals surface area (Å²) in [6.45, 7) is 4.20. The number of nitrogens with one attached hydrogen (secondary N) is 1. The highest BCUT2D eigenvalue weighted by Gasteiger charge is 2.05. The molecule has 0 atom stereocenters. The highest BCUT2D eigenvalue weighted by molar-refractivity contribution is 5.85. The Morgan fingerprint density at radius 3 is 2.78 bits per heavy atom. The van der Waals surface area contributed by atoms with Crippen LogP contribution >= 0.6 is 0 Å². The highest BCUT2D eigenvalue weighted by atomic mass is 16.5. The van der Waals surface area contributed by atoms with Crippen LogP contribution in [0, 0.1) is 19.9 Å². The van der Waals surface area contributed by atoms with Crippen molar-refractivity contribution in [1.82, 2.24) is 4.98 Å². The molecule has 1 heterocycles. The molecule has 2 aromatic carbocycles. The van der Waals surface area contributed by atoms with Crippen molar-refractivity contribution >= 4 is 10.9 Å². The van der Waals surface area contributed by atoms with Crippen LogP contribution < -0.4 is 4.74 Å². The van der Waals surface area contributed by atoms with Gasteiger partial charge in [-0.15, -0.1) is 0 Å². The van der Waals surface area contributed by atoms with Gasteiger partial charge in [0.15, 0.2) is 0 Å². The van der Waals surface area contributed by atoms with Gasteiger partial charge in [0.2, 0.25) is 0 Å². The molecule has 0 saturated carbocycles. The zero-order valence-corrected chi connectivity index (χ0v) is 10.4. The lowest BCUT2D eigenvalue weighted by Crippen LogP contribution is -1.83. The molecule has 0 unspecified atom stereocenters. The highest BCUT2D eigenvalue weighted by Crippen LogP contribution is 2.28. The maximum absolute atomic E-state index is 5.81. The standard InChI is InChI=1S/C16H14NO/c1-11-12(2)17-16-9-8-14(10-15(11)16)18-13-6-4-3-5-7-13/h3-4,6-10,17H,1-2H3. The third-order valence-corrected chi connectivity index (χ3v) is 3.19. The fourth-order valence-electron chi connectivity index (χ4n) is 2.08. The van der Waals surface area contributed by atoms with Gasteiger partial charge in [-0.1, -0.05) is 12.1 Å². The Balaban J connectivity index is 2.01. The summed E-state index contributed by atoms with van der Waals surface area (Å²) in [5.41, 5.74) is 3.63. The van der Waals surface area contributed by atoms with Crippen LogP contribution in [0.3, 0.4) is 0 Å². The van der Waals surface area contributed by atoms with E-state index in [1.165, 1.54) is 16.6 Å². The van der Waals surface area contributed by atoms with E-state index in [0.29, 0.717) is 0 Å². The predicted molar refractivity (Wildman–Crippen MR) is 73.1 cm³/mol. The van der Waals surface area contributed by atoms with Gasteiger partial charge in [-0.2, -0.15) is 0 Å². The number of aromatic nitrogens is 1. The monoisotopic (exact) mass is 236 g/mol. The molecule has 0 fully saturated rings. The molecular formula is C16H14NO. The average Bonchev–Trinajstić information content (AvgIpc) is 2.67. The number of aromatic amines is 1. The third-order valence-electron chi connectivity index (χ3n) is 3.19. The van der Waals surface area contributed by atoms with Crippen molar-refractivity contribution in [2.24, 2.45) is 0 Å². The van der Waals surface area contributed by atoms with E-state index in [1.807, 2.05) is 30.3 Å². The Bertz CT molecular complexity index is 683. The number of rotatable bonds is 2. The largest absolute Gasteiger partial charge is 0.457 e. The van der Waals surface area contributed by atoms with Gasteiger partial charge >= 0.3 is 0 Å². The van der Waals surface area contributed by atoms with Crippen LogP contribution in [0.15, 0.2) is 42.5 Å². The zero-order valence-electron chi connectivity index (χ0n) is 10.4. The Hall–Kier alpha value is -2.22. The van der Waals surface area contributed by atoms with Gasteiger partial charge < -0.3 is 9.72 Å². The van der Waals surface area contributed by atoms with Crippen molar-refractivity contribution in [2.75, 3.05) is 0 Å². The van der Waals surface area contributed by atoms with E-state index >= 15 is 0 Å². The lowest BCUT2D eigenvalue weighted by atomic mass is 10.1. The number of H-pyrrole nitrogens is 1. The van der Waals surface area contributed by atoms with Gasteiger partial charge in [-0.05, 0) is 55.8 Å². The molecular weight excluding hydrogens is 222 g/mol. The van der Waals surface area contributed by atoms with Crippen LogP contribution in [0.4, 0.5) is 0 Å². The maximum Gasteiger partial charge on any atom is 0.128 e. The van der Waals surface area contributed by atoms with Crippen LogP contribution in [0.25, 0.3) is 10.9 Å². The van der Waals surface area contributed by atoms with E-state index in [0.717, 1.165) is 17.0 Å². The summed E-state index contributed by atoms with van der Waals surface area (Å²) in [4.78, 5) is 3.36. The van der Waals surface area contributed by atoms with Crippen molar-refractivity contribution in [1.29, 1.82) is 0 Å². The molecule has 3 rings (SSSR count). The van der Waals surface area contributed by atoms with Gasteiger partial charge in [0, 0.05) is 16.6 Å². The Labute approximate surface area is 106 Å². The van der Waals surface area contributed by atoms with Gasteiger partial charge in [0.1, 0.15) is 11.5 Å². The fraction of sp³-hybridized carbons (Fsp3) is 0.125. The average molecular weight is 236 g/mol. The second-order valence-corrected chi connectivity index (χ2v) is 4.42. The fourth-order valence-corrected chi connectivity index (χ4v) is 2.08.